The zero-order chi connectivity index (χ0) is 18.7. The Morgan fingerprint density at radius 2 is 1.75 bits per heavy atom. The van der Waals surface area contributed by atoms with Gasteiger partial charge in [0.2, 0.25) is 0 Å². The molecule has 0 aliphatic heterocycles. The minimum atomic E-state index is -1.50. The van der Waals surface area contributed by atoms with Crippen molar-refractivity contribution in [3.8, 4) is 0 Å². The number of carboxylic acids is 1. The minimum absolute atomic E-state index is 0.0979. The van der Waals surface area contributed by atoms with Crippen molar-refractivity contribution in [1.29, 1.82) is 0 Å². The van der Waals surface area contributed by atoms with Gasteiger partial charge in [-0.2, -0.15) is 0 Å². The Hall–Kier alpha value is -2.64. The number of hydrogen-bond donors (Lipinski definition) is 2. The predicted octanol–water partition coefficient (Wildman–Crippen LogP) is 3.27. The van der Waals surface area contributed by atoms with Crippen LogP contribution in [0.2, 0.25) is 0 Å². The number of para-hydroxylation sites is 1. The van der Waals surface area contributed by atoms with Crippen LogP contribution in [0, 0.1) is 15.5 Å². The molecule has 0 unspecified atom stereocenters. The van der Waals surface area contributed by atoms with E-state index in [1.165, 1.54) is 32.0 Å². The largest absolute Gasteiger partial charge is 0.481 e. The molecule has 8 heteroatoms. The molecule has 2 N–H and O–H groups in total. The fourth-order valence-electron chi connectivity index (χ4n) is 2.09. The third-order valence-corrected chi connectivity index (χ3v) is 3.38. The molecule has 0 saturated heterocycles. The normalized spacial score (nSPS) is 13.0. The highest BCUT2D eigenvalue weighted by atomic mass is 16.6. The van der Waals surface area contributed by atoms with Crippen LogP contribution < -0.4 is 5.32 Å². The van der Waals surface area contributed by atoms with Gasteiger partial charge in [-0.25, -0.2) is 4.79 Å². The third-order valence-electron chi connectivity index (χ3n) is 3.38. The number of benzene rings is 1. The van der Waals surface area contributed by atoms with Crippen LogP contribution in [0.25, 0.3) is 0 Å². The van der Waals surface area contributed by atoms with Crippen molar-refractivity contribution < 1.29 is 24.4 Å². The Labute approximate surface area is 140 Å². The number of rotatable bonds is 5. The molecule has 8 nitrogen and oxygen atoms in total. The number of aliphatic carboxylic acids is 1. The van der Waals surface area contributed by atoms with Gasteiger partial charge in [0.25, 0.3) is 5.69 Å². The molecule has 0 aliphatic rings. The van der Waals surface area contributed by atoms with Crippen molar-refractivity contribution in [3.05, 3.63) is 39.9 Å². The molecule has 0 saturated carbocycles. The molecule has 0 radical (unpaired) electrons. The lowest BCUT2D eigenvalue weighted by Crippen LogP contribution is -2.44. The molecule has 0 aliphatic carbocycles. The van der Waals surface area contributed by atoms with Crippen molar-refractivity contribution in [1.82, 2.24) is 5.32 Å². The van der Waals surface area contributed by atoms with Gasteiger partial charge in [-0.15, -0.1) is 0 Å². The fraction of sp³-hybridized carbons (Fsp3) is 0.500. The van der Waals surface area contributed by atoms with E-state index in [1.807, 2.05) is 0 Å². The second kappa shape index (κ2) is 6.86. The number of ether oxygens (including phenoxy) is 1. The van der Waals surface area contributed by atoms with Crippen LogP contribution in [0.4, 0.5) is 10.5 Å². The number of nitro benzene ring substituents is 1. The van der Waals surface area contributed by atoms with Gasteiger partial charge in [-0.05, 0) is 34.6 Å². The van der Waals surface area contributed by atoms with Crippen molar-refractivity contribution >= 4 is 17.7 Å². The SMILES string of the molecule is CC(C)(C)OC(=O)N[C@H](c1ccccc1[N+](=O)[O-])C(C)(C)C(=O)O. The van der Waals surface area contributed by atoms with E-state index in [2.05, 4.69) is 5.32 Å². The number of carbonyl (C=O) groups excluding carboxylic acids is 1. The van der Waals surface area contributed by atoms with E-state index in [9.17, 15) is 24.8 Å². The highest BCUT2D eigenvalue weighted by molar-refractivity contribution is 5.77. The van der Waals surface area contributed by atoms with E-state index < -0.39 is 34.0 Å². The number of amides is 1. The van der Waals surface area contributed by atoms with E-state index >= 15 is 0 Å². The topological polar surface area (TPSA) is 119 Å². The van der Waals surface area contributed by atoms with Gasteiger partial charge in [0.05, 0.1) is 21.9 Å². The van der Waals surface area contributed by atoms with Crippen molar-refractivity contribution in [2.75, 3.05) is 0 Å². The lowest BCUT2D eigenvalue weighted by molar-refractivity contribution is -0.385. The van der Waals surface area contributed by atoms with Gasteiger partial charge >= 0.3 is 12.1 Å². The Balaban J connectivity index is 3.34. The number of carboxylic acid groups (broad SMARTS) is 1. The summed E-state index contributed by atoms with van der Waals surface area (Å²) in [6.07, 6.45) is -0.847. The Morgan fingerprint density at radius 1 is 1.21 bits per heavy atom. The van der Waals surface area contributed by atoms with Crippen LogP contribution in [-0.4, -0.2) is 27.7 Å². The summed E-state index contributed by atoms with van der Waals surface area (Å²) in [5.74, 6) is -1.21. The number of nitrogens with one attached hydrogen (secondary N) is 1. The lowest BCUT2D eigenvalue weighted by atomic mass is 9.80. The maximum atomic E-state index is 12.1. The first-order chi connectivity index (χ1) is 10.9. The molecule has 0 heterocycles. The molecule has 24 heavy (non-hydrogen) atoms. The van der Waals surface area contributed by atoms with Crippen LogP contribution >= 0.6 is 0 Å². The Morgan fingerprint density at radius 3 is 2.21 bits per heavy atom. The molecular weight excluding hydrogens is 316 g/mol. The molecule has 0 fully saturated rings. The average Bonchev–Trinajstić information content (AvgIpc) is 2.42. The molecule has 1 aromatic rings. The zero-order valence-electron chi connectivity index (χ0n) is 14.3. The van der Waals surface area contributed by atoms with Gasteiger partial charge in [0.1, 0.15) is 5.60 Å². The first kappa shape index (κ1) is 19.4. The molecule has 0 spiro atoms. The van der Waals surface area contributed by atoms with Crippen LogP contribution in [0.3, 0.4) is 0 Å². The van der Waals surface area contributed by atoms with E-state index in [-0.39, 0.29) is 11.3 Å². The molecule has 132 valence electrons. The van der Waals surface area contributed by atoms with Gasteiger partial charge in [0, 0.05) is 6.07 Å². The molecule has 1 rings (SSSR count). The monoisotopic (exact) mass is 338 g/mol. The number of hydrogen-bond acceptors (Lipinski definition) is 5. The second-order valence-corrected chi connectivity index (χ2v) is 6.92. The van der Waals surface area contributed by atoms with Crippen LogP contribution in [0.5, 0.6) is 0 Å². The molecule has 1 atom stereocenters. The summed E-state index contributed by atoms with van der Waals surface area (Å²) in [5, 5.41) is 23.2. The molecular formula is C16H22N2O6. The fourth-order valence-corrected chi connectivity index (χ4v) is 2.09. The summed E-state index contributed by atoms with van der Waals surface area (Å²) in [5.41, 5.74) is -2.46. The zero-order valence-corrected chi connectivity index (χ0v) is 14.3. The summed E-state index contributed by atoms with van der Waals surface area (Å²) < 4.78 is 5.15. The summed E-state index contributed by atoms with van der Waals surface area (Å²) in [6, 6.07) is 4.55. The minimum Gasteiger partial charge on any atom is -0.481 e. The lowest BCUT2D eigenvalue weighted by Gasteiger charge is -2.32. The first-order valence-electron chi connectivity index (χ1n) is 7.32. The highest BCUT2D eigenvalue weighted by Gasteiger charge is 2.42. The number of carbonyl (C=O) groups is 2. The quantitative estimate of drug-likeness (QED) is 0.628. The number of alkyl carbamates (subject to hydrolysis) is 1. The molecule has 1 amide bonds. The summed E-state index contributed by atoms with van der Waals surface area (Å²) in [4.78, 5) is 34.4. The van der Waals surface area contributed by atoms with E-state index in [4.69, 9.17) is 4.74 Å². The van der Waals surface area contributed by atoms with Crippen molar-refractivity contribution in [2.45, 2.75) is 46.3 Å². The van der Waals surface area contributed by atoms with Crippen molar-refractivity contribution in [2.24, 2.45) is 5.41 Å². The van der Waals surface area contributed by atoms with E-state index in [0.29, 0.717) is 0 Å². The molecule has 0 aromatic heterocycles. The van der Waals surface area contributed by atoms with Crippen LogP contribution in [0.1, 0.15) is 46.2 Å². The predicted molar refractivity (Wildman–Crippen MR) is 86.6 cm³/mol. The molecule has 1 aromatic carbocycles. The Bertz CT molecular complexity index is 648. The van der Waals surface area contributed by atoms with E-state index in [0.717, 1.165) is 0 Å². The van der Waals surface area contributed by atoms with Gasteiger partial charge < -0.3 is 15.2 Å². The standard InChI is InChI=1S/C16H22N2O6/c1-15(2,3)24-14(21)17-12(16(4,5)13(19)20)10-8-6-7-9-11(10)18(22)23/h6-9,12H,1-5H3,(H,17,21)(H,19,20)/t12-/m1/s1. The summed E-state index contributed by atoms with van der Waals surface area (Å²) in [6.45, 7) is 7.75. The first-order valence-corrected chi connectivity index (χ1v) is 7.32. The maximum Gasteiger partial charge on any atom is 0.408 e. The van der Waals surface area contributed by atoms with Crippen LogP contribution in [-0.2, 0) is 9.53 Å². The van der Waals surface area contributed by atoms with Gasteiger partial charge in [0.15, 0.2) is 0 Å². The highest BCUT2D eigenvalue weighted by Crippen LogP contribution is 2.38. The van der Waals surface area contributed by atoms with Crippen molar-refractivity contribution in [3.63, 3.8) is 0 Å². The average molecular weight is 338 g/mol. The van der Waals surface area contributed by atoms with Gasteiger partial charge in [-0.1, -0.05) is 18.2 Å². The molecule has 0 bridgehead atoms. The second-order valence-electron chi connectivity index (χ2n) is 6.92. The van der Waals surface area contributed by atoms with Crippen LogP contribution in [0.15, 0.2) is 24.3 Å². The number of nitrogens with zero attached hydrogens (tertiary/aromatic N) is 1. The maximum absolute atomic E-state index is 12.1. The summed E-state index contributed by atoms with van der Waals surface area (Å²) in [7, 11) is 0. The summed E-state index contributed by atoms with van der Waals surface area (Å²) >= 11 is 0. The Kier molecular flexibility index (Phi) is 5.54. The third kappa shape index (κ3) is 4.68. The smallest absolute Gasteiger partial charge is 0.408 e. The number of nitro groups is 1. The van der Waals surface area contributed by atoms with E-state index in [1.54, 1.807) is 26.8 Å². The van der Waals surface area contributed by atoms with Gasteiger partial charge in [-0.3, -0.25) is 14.9 Å².